The van der Waals surface area contributed by atoms with E-state index < -0.39 is 18.0 Å². The van der Waals surface area contributed by atoms with Crippen LogP contribution in [0.25, 0.3) is 0 Å². The second kappa shape index (κ2) is 12.9. The topological polar surface area (TPSA) is 86.2 Å². The summed E-state index contributed by atoms with van der Waals surface area (Å²) in [6.07, 6.45) is 0.739. The molecule has 1 atom stereocenters. The lowest BCUT2D eigenvalue weighted by molar-refractivity contribution is -0.127. The van der Waals surface area contributed by atoms with Gasteiger partial charge < -0.3 is 14.2 Å². The molecule has 1 N–H and O–H groups in total. The van der Waals surface area contributed by atoms with Crippen LogP contribution < -0.4 is 19.6 Å². The Morgan fingerprint density at radius 3 is 2.16 bits per heavy atom. The number of hydrazone groups is 1. The molecular weight excluding hydrogens is 480 g/mol. The van der Waals surface area contributed by atoms with Crippen LogP contribution in [0.2, 0.25) is 0 Å². The van der Waals surface area contributed by atoms with Crippen molar-refractivity contribution in [2.75, 3.05) is 0 Å². The van der Waals surface area contributed by atoms with E-state index in [1.165, 1.54) is 6.21 Å². The van der Waals surface area contributed by atoms with Crippen molar-refractivity contribution in [2.24, 2.45) is 5.10 Å². The van der Waals surface area contributed by atoms with Crippen molar-refractivity contribution in [3.8, 4) is 17.2 Å². The lowest BCUT2D eigenvalue weighted by atomic mass is 10.1. The lowest BCUT2D eigenvalue weighted by Gasteiger charge is -2.13. The maximum absolute atomic E-state index is 12.4. The number of rotatable bonds is 10. The minimum absolute atomic E-state index is 0.394. The van der Waals surface area contributed by atoms with E-state index in [2.05, 4.69) is 10.5 Å². The predicted molar refractivity (Wildman–Crippen MR) is 146 cm³/mol. The van der Waals surface area contributed by atoms with E-state index in [4.69, 9.17) is 14.2 Å². The fourth-order valence-corrected chi connectivity index (χ4v) is 3.46. The third-order valence-corrected chi connectivity index (χ3v) is 5.60. The fourth-order valence-electron chi connectivity index (χ4n) is 3.46. The van der Waals surface area contributed by atoms with Gasteiger partial charge in [-0.05, 0) is 85.1 Å². The lowest BCUT2D eigenvalue weighted by Crippen LogP contribution is -2.33. The smallest absolute Gasteiger partial charge is 0.343 e. The number of ether oxygens (including phenoxy) is 3. The van der Waals surface area contributed by atoms with E-state index in [0.717, 1.165) is 16.7 Å². The summed E-state index contributed by atoms with van der Waals surface area (Å²) >= 11 is 0. The molecular formula is C31H28N2O5. The first-order valence-corrected chi connectivity index (χ1v) is 12.1. The second-order valence-electron chi connectivity index (χ2n) is 8.51. The average molecular weight is 509 g/mol. The van der Waals surface area contributed by atoms with E-state index >= 15 is 0 Å². The first kappa shape index (κ1) is 26.2. The van der Waals surface area contributed by atoms with Crippen LogP contribution in [0.3, 0.4) is 0 Å². The molecule has 1 amide bonds. The van der Waals surface area contributed by atoms with Crippen LogP contribution in [0.4, 0.5) is 0 Å². The van der Waals surface area contributed by atoms with Crippen LogP contribution in [-0.2, 0) is 11.4 Å². The van der Waals surface area contributed by atoms with Crippen molar-refractivity contribution < 1.29 is 23.8 Å². The molecule has 4 aromatic rings. The van der Waals surface area contributed by atoms with E-state index in [0.29, 0.717) is 29.4 Å². The summed E-state index contributed by atoms with van der Waals surface area (Å²) < 4.78 is 16.9. The summed E-state index contributed by atoms with van der Waals surface area (Å²) in [7, 11) is 0. The normalized spacial score (nSPS) is 11.5. The Kier molecular flexibility index (Phi) is 8.86. The first-order chi connectivity index (χ1) is 18.5. The van der Waals surface area contributed by atoms with Crippen molar-refractivity contribution in [1.29, 1.82) is 0 Å². The van der Waals surface area contributed by atoms with Gasteiger partial charge in [-0.25, -0.2) is 10.2 Å². The van der Waals surface area contributed by atoms with Gasteiger partial charge >= 0.3 is 5.97 Å². The Bertz CT molecular complexity index is 1380. The van der Waals surface area contributed by atoms with Crippen molar-refractivity contribution in [2.45, 2.75) is 26.6 Å². The molecule has 0 saturated carbocycles. The summed E-state index contributed by atoms with van der Waals surface area (Å²) in [6, 6.07) is 31.0. The average Bonchev–Trinajstić information content (AvgIpc) is 2.94. The zero-order chi connectivity index (χ0) is 26.7. The molecule has 0 fully saturated rings. The summed E-state index contributed by atoms with van der Waals surface area (Å²) in [5.41, 5.74) is 5.64. The van der Waals surface area contributed by atoms with E-state index in [1.54, 1.807) is 67.6 Å². The third-order valence-electron chi connectivity index (χ3n) is 5.60. The molecule has 0 aliphatic heterocycles. The summed E-state index contributed by atoms with van der Waals surface area (Å²) in [4.78, 5) is 24.7. The highest BCUT2D eigenvalue weighted by Gasteiger charge is 2.14. The highest BCUT2D eigenvalue weighted by molar-refractivity contribution is 5.92. The quantitative estimate of drug-likeness (QED) is 0.128. The van der Waals surface area contributed by atoms with E-state index in [1.807, 2.05) is 49.4 Å². The van der Waals surface area contributed by atoms with Crippen molar-refractivity contribution in [1.82, 2.24) is 5.43 Å². The Hall–Kier alpha value is -4.91. The number of amides is 1. The molecule has 0 spiro atoms. The van der Waals surface area contributed by atoms with Gasteiger partial charge in [-0.15, -0.1) is 0 Å². The first-order valence-electron chi connectivity index (χ1n) is 12.1. The summed E-state index contributed by atoms with van der Waals surface area (Å²) in [6.45, 7) is 3.97. The number of esters is 1. The molecule has 0 aliphatic rings. The van der Waals surface area contributed by atoms with Gasteiger partial charge in [0, 0.05) is 0 Å². The van der Waals surface area contributed by atoms with Gasteiger partial charge in [0.15, 0.2) is 6.10 Å². The molecule has 7 nitrogen and oxygen atoms in total. The number of carbonyl (C=O) groups is 2. The van der Waals surface area contributed by atoms with Crippen LogP contribution in [0, 0.1) is 6.92 Å². The molecule has 38 heavy (non-hydrogen) atoms. The third kappa shape index (κ3) is 7.54. The SMILES string of the molecule is Cc1ccccc1C(=O)Oc1ccc(/C=N\NC(=O)[C@H](C)Oc2ccc(OCc3ccccc3)cc2)cc1. The van der Waals surface area contributed by atoms with Crippen molar-refractivity contribution >= 4 is 18.1 Å². The van der Waals surface area contributed by atoms with E-state index in [-0.39, 0.29) is 0 Å². The van der Waals surface area contributed by atoms with Crippen molar-refractivity contribution in [3.05, 3.63) is 125 Å². The van der Waals surface area contributed by atoms with Crippen LogP contribution >= 0.6 is 0 Å². The monoisotopic (exact) mass is 508 g/mol. The van der Waals surface area contributed by atoms with E-state index in [9.17, 15) is 9.59 Å². The van der Waals surface area contributed by atoms with Crippen molar-refractivity contribution in [3.63, 3.8) is 0 Å². The molecule has 4 aromatic carbocycles. The van der Waals surface area contributed by atoms with Gasteiger partial charge in [-0.3, -0.25) is 4.79 Å². The Morgan fingerprint density at radius 1 is 0.816 bits per heavy atom. The molecule has 0 heterocycles. The maximum atomic E-state index is 12.4. The minimum atomic E-state index is -0.758. The van der Waals surface area contributed by atoms with Gasteiger partial charge in [0.1, 0.15) is 23.9 Å². The molecule has 7 heteroatoms. The van der Waals surface area contributed by atoms with Gasteiger partial charge in [0.05, 0.1) is 11.8 Å². The second-order valence-corrected chi connectivity index (χ2v) is 8.51. The standard InChI is InChI=1S/C31H28N2O5/c1-22-8-6-7-11-29(22)31(35)38-28-14-12-24(13-15-28)20-32-33-30(34)23(2)37-27-18-16-26(17-19-27)36-21-25-9-4-3-5-10-25/h3-20,23H,21H2,1-2H3,(H,33,34)/b32-20-/t23-/m0/s1. The highest BCUT2D eigenvalue weighted by Crippen LogP contribution is 2.20. The molecule has 0 bridgehead atoms. The number of aryl methyl sites for hydroxylation is 1. The zero-order valence-electron chi connectivity index (χ0n) is 21.2. The molecule has 0 saturated heterocycles. The molecule has 0 aromatic heterocycles. The molecule has 0 unspecified atom stereocenters. The zero-order valence-corrected chi connectivity index (χ0v) is 21.2. The number of hydrogen-bond acceptors (Lipinski definition) is 6. The number of hydrogen-bond donors (Lipinski definition) is 1. The molecule has 192 valence electrons. The molecule has 0 radical (unpaired) electrons. The van der Waals surface area contributed by atoms with Crippen LogP contribution in [0.15, 0.2) is 108 Å². The van der Waals surface area contributed by atoms with Crippen LogP contribution in [0.5, 0.6) is 17.2 Å². The summed E-state index contributed by atoms with van der Waals surface area (Å²) in [5.74, 6) is 0.853. The number of benzene rings is 4. The number of carbonyl (C=O) groups excluding carboxylic acids is 2. The van der Waals surface area contributed by atoms with Gasteiger partial charge in [0.25, 0.3) is 5.91 Å². The number of nitrogens with zero attached hydrogens (tertiary/aromatic N) is 1. The fraction of sp³-hybridized carbons (Fsp3) is 0.129. The highest BCUT2D eigenvalue weighted by atomic mass is 16.5. The van der Waals surface area contributed by atoms with Crippen LogP contribution in [0.1, 0.15) is 34.0 Å². The summed E-state index contributed by atoms with van der Waals surface area (Å²) in [5, 5.41) is 3.99. The molecule has 0 aliphatic carbocycles. The Balaban J connectivity index is 1.22. The van der Waals surface area contributed by atoms with Gasteiger partial charge in [-0.2, -0.15) is 5.10 Å². The number of nitrogens with one attached hydrogen (secondary N) is 1. The Labute approximate surface area is 221 Å². The largest absolute Gasteiger partial charge is 0.489 e. The predicted octanol–water partition coefficient (Wildman–Crippen LogP) is 5.71. The molecule has 4 rings (SSSR count). The maximum Gasteiger partial charge on any atom is 0.343 e. The van der Waals surface area contributed by atoms with Gasteiger partial charge in [0.2, 0.25) is 0 Å². The van der Waals surface area contributed by atoms with Gasteiger partial charge in [-0.1, -0.05) is 48.5 Å². The Morgan fingerprint density at radius 2 is 1.45 bits per heavy atom. The minimum Gasteiger partial charge on any atom is -0.489 e. The van der Waals surface area contributed by atoms with Crippen LogP contribution in [-0.4, -0.2) is 24.2 Å².